The third kappa shape index (κ3) is 3.49. The molecule has 1 heterocycles. The maximum absolute atomic E-state index is 12.2. The van der Waals surface area contributed by atoms with Crippen molar-refractivity contribution in [2.45, 2.75) is 26.8 Å². The van der Waals surface area contributed by atoms with Crippen molar-refractivity contribution in [1.29, 1.82) is 0 Å². The Balaban J connectivity index is 2.26. The zero-order valence-corrected chi connectivity index (χ0v) is 12.8. The summed E-state index contributed by atoms with van der Waals surface area (Å²) in [6.45, 7) is 5.54. The second kappa shape index (κ2) is 6.10. The number of nitrogens with zero attached hydrogens (tertiary/aromatic N) is 2. The molecule has 0 aliphatic carbocycles. The van der Waals surface area contributed by atoms with Crippen LogP contribution in [0.4, 0.5) is 5.69 Å². The summed E-state index contributed by atoms with van der Waals surface area (Å²) in [4.78, 5) is 23.8. The summed E-state index contributed by atoms with van der Waals surface area (Å²) in [6, 6.07) is 7.89. The van der Waals surface area contributed by atoms with E-state index in [0.717, 1.165) is 5.56 Å². The fourth-order valence-electron chi connectivity index (χ4n) is 1.78. The first kappa shape index (κ1) is 15.3. The highest BCUT2D eigenvalue weighted by Gasteiger charge is 2.11. The molecular formula is C15H16ClN3O2. The first-order valence-electron chi connectivity index (χ1n) is 6.56. The fraction of sp³-hybridized carbons (Fsp3) is 0.267. The lowest BCUT2D eigenvalue weighted by Crippen LogP contribution is -2.27. The van der Waals surface area contributed by atoms with Crippen LogP contribution >= 0.6 is 11.6 Å². The van der Waals surface area contributed by atoms with Crippen molar-refractivity contribution in [2.75, 3.05) is 5.32 Å². The van der Waals surface area contributed by atoms with Crippen LogP contribution in [0.25, 0.3) is 0 Å². The Morgan fingerprint density at radius 3 is 2.62 bits per heavy atom. The van der Waals surface area contributed by atoms with Gasteiger partial charge in [0.2, 0.25) is 0 Å². The van der Waals surface area contributed by atoms with Crippen molar-refractivity contribution in [1.82, 2.24) is 9.78 Å². The molecule has 110 valence electrons. The van der Waals surface area contributed by atoms with Gasteiger partial charge in [-0.2, -0.15) is 5.10 Å². The molecule has 1 aromatic carbocycles. The van der Waals surface area contributed by atoms with Crippen LogP contribution in [-0.4, -0.2) is 15.7 Å². The van der Waals surface area contributed by atoms with Crippen molar-refractivity contribution >= 4 is 23.2 Å². The van der Waals surface area contributed by atoms with Crippen LogP contribution in [0.2, 0.25) is 5.02 Å². The van der Waals surface area contributed by atoms with Gasteiger partial charge in [-0.05, 0) is 44.5 Å². The Hall–Kier alpha value is -2.14. The number of hydrogen-bond acceptors (Lipinski definition) is 3. The van der Waals surface area contributed by atoms with Gasteiger partial charge in [-0.25, -0.2) is 4.68 Å². The molecule has 21 heavy (non-hydrogen) atoms. The molecule has 0 saturated heterocycles. The minimum atomic E-state index is -0.385. The number of amides is 1. The Morgan fingerprint density at radius 1 is 1.29 bits per heavy atom. The second-order valence-corrected chi connectivity index (χ2v) is 5.42. The topological polar surface area (TPSA) is 64.0 Å². The normalized spacial score (nSPS) is 10.7. The molecular weight excluding hydrogens is 290 g/mol. The molecule has 0 spiro atoms. The molecule has 0 fully saturated rings. The van der Waals surface area contributed by atoms with Crippen LogP contribution in [-0.2, 0) is 0 Å². The van der Waals surface area contributed by atoms with Crippen molar-refractivity contribution in [2.24, 2.45) is 0 Å². The number of aromatic nitrogens is 2. The van der Waals surface area contributed by atoms with E-state index in [2.05, 4.69) is 10.4 Å². The van der Waals surface area contributed by atoms with E-state index in [1.807, 2.05) is 26.8 Å². The summed E-state index contributed by atoms with van der Waals surface area (Å²) in [5.41, 5.74) is 1.46. The Kier molecular flexibility index (Phi) is 4.43. The second-order valence-electron chi connectivity index (χ2n) is 5.01. The number of rotatable bonds is 3. The molecule has 1 aromatic heterocycles. The number of carbonyl (C=O) groups is 1. The van der Waals surface area contributed by atoms with Crippen LogP contribution in [0.1, 0.15) is 35.9 Å². The average Bonchev–Trinajstić information content (AvgIpc) is 2.43. The van der Waals surface area contributed by atoms with E-state index < -0.39 is 0 Å². The molecule has 0 saturated carbocycles. The van der Waals surface area contributed by atoms with Crippen molar-refractivity contribution in [3.8, 4) is 0 Å². The van der Waals surface area contributed by atoms with Crippen molar-refractivity contribution in [3.63, 3.8) is 0 Å². The van der Waals surface area contributed by atoms with E-state index in [4.69, 9.17) is 11.6 Å². The molecule has 1 amide bonds. The minimum absolute atomic E-state index is 0.112. The molecule has 1 N–H and O–H groups in total. The zero-order valence-electron chi connectivity index (χ0n) is 12.1. The van der Waals surface area contributed by atoms with Crippen LogP contribution in [0.3, 0.4) is 0 Å². The predicted molar refractivity (Wildman–Crippen MR) is 83.0 cm³/mol. The summed E-state index contributed by atoms with van der Waals surface area (Å²) >= 11 is 6.02. The monoisotopic (exact) mass is 305 g/mol. The molecule has 5 nitrogen and oxygen atoms in total. The van der Waals surface area contributed by atoms with E-state index in [-0.39, 0.29) is 23.2 Å². The summed E-state index contributed by atoms with van der Waals surface area (Å²) in [5, 5.41) is 7.35. The molecule has 2 rings (SSSR count). The van der Waals surface area contributed by atoms with Crippen molar-refractivity contribution < 1.29 is 4.79 Å². The van der Waals surface area contributed by atoms with Gasteiger partial charge in [0, 0.05) is 16.8 Å². The predicted octanol–water partition coefficient (Wildman–Crippen LogP) is 3.04. The highest BCUT2D eigenvalue weighted by Crippen LogP contribution is 2.20. The molecule has 0 bridgehead atoms. The van der Waals surface area contributed by atoms with Gasteiger partial charge in [0.05, 0.1) is 6.04 Å². The van der Waals surface area contributed by atoms with Crippen LogP contribution in [0.15, 0.2) is 35.1 Å². The van der Waals surface area contributed by atoms with Gasteiger partial charge >= 0.3 is 0 Å². The van der Waals surface area contributed by atoms with E-state index in [1.165, 1.54) is 16.8 Å². The number of carbonyl (C=O) groups excluding carboxylic acids is 1. The first-order chi connectivity index (χ1) is 9.88. The van der Waals surface area contributed by atoms with E-state index >= 15 is 0 Å². The molecule has 0 aliphatic rings. The quantitative estimate of drug-likeness (QED) is 0.948. The van der Waals surface area contributed by atoms with Gasteiger partial charge in [-0.3, -0.25) is 9.59 Å². The van der Waals surface area contributed by atoms with Crippen LogP contribution in [0, 0.1) is 6.92 Å². The highest BCUT2D eigenvalue weighted by molar-refractivity contribution is 6.31. The molecule has 0 radical (unpaired) electrons. The molecule has 0 unspecified atom stereocenters. The molecule has 0 aliphatic heterocycles. The zero-order chi connectivity index (χ0) is 15.6. The highest BCUT2D eigenvalue weighted by atomic mass is 35.5. The van der Waals surface area contributed by atoms with E-state index in [0.29, 0.717) is 10.7 Å². The van der Waals surface area contributed by atoms with Crippen LogP contribution < -0.4 is 10.9 Å². The molecule has 0 atom stereocenters. The smallest absolute Gasteiger partial charge is 0.276 e. The maximum Gasteiger partial charge on any atom is 0.276 e. The maximum atomic E-state index is 12.2. The number of nitrogens with one attached hydrogen (secondary N) is 1. The lowest BCUT2D eigenvalue weighted by molar-refractivity contribution is 0.101. The largest absolute Gasteiger partial charge is 0.321 e. The third-order valence-electron chi connectivity index (χ3n) is 2.98. The average molecular weight is 306 g/mol. The van der Waals surface area contributed by atoms with Gasteiger partial charge < -0.3 is 5.32 Å². The Morgan fingerprint density at radius 2 is 2.00 bits per heavy atom. The summed E-state index contributed by atoms with van der Waals surface area (Å²) in [6.07, 6.45) is 0. The Bertz CT molecular complexity index is 738. The Labute approximate surface area is 127 Å². The van der Waals surface area contributed by atoms with Gasteiger partial charge in [0.15, 0.2) is 0 Å². The lowest BCUT2D eigenvalue weighted by atomic mass is 10.2. The fourth-order valence-corrected chi connectivity index (χ4v) is 1.96. The number of benzene rings is 1. The van der Waals surface area contributed by atoms with Gasteiger partial charge in [0.1, 0.15) is 5.69 Å². The number of anilines is 1. The van der Waals surface area contributed by atoms with Gasteiger partial charge in [-0.15, -0.1) is 0 Å². The van der Waals surface area contributed by atoms with Crippen molar-refractivity contribution in [3.05, 3.63) is 57.0 Å². The van der Waals surface area contributed by atoms with E-state index in [1.54, 1.807) is 12.1 Å². The first-order valence-corrected chi connectivity index (χ1v) is 6.93. The van der Waals surface area contributed by atoms with Crippen LogP contribution in [0.5, 0.6) is 0 Å². The number of hydrogen-bond donors (Lipinski definition) is 1. The molecule has 2 aromatic rings. The minimum Gasteiger partial charge on any atom is -0.321 e. The van der Waals surface area contributed by atoms with E-state index in [9.17, 15) is 9.59 Å². The summed E-state index contributed by atoms with van der Waals surface area (Å²) in [7, 11) is 0. The molecule has 6 heteroatoms. The van der Waals surface area contributed by atoms with Gasteiger partial charge in [-0.1, -0.05) is 17.7 Å². The number of aryl methyl sites for hydroxylation is 1. The summed E-state index contributed by atoms with van der Waals surface area (Å²) < 4.78 is 1.27. The SMILES string of the molecule is Cc1ccc(NC(=O)c2ccc(=O)n(C(C)C)n2)cc1Cl. The standard InChI is InChI=1S/C15H16ClN3O2/c1-9(2)19-14(20)7-6-13(18-19)15(21)17-11-5-4-10(3)12(16)8-11/h4-9H,1-3H3,(H,17,21). The third-order valence-corrected chi connectivity index (χ3v) is 3.38. The lowest BCUT2D eigenvalue weighted by Gasteiger charge is -2.10. The summed E-state index contributed by atoms with van der Waals surface area (Å²) in [5.74, 6) is -0.385. The van der Waals surface area contributed by atoms with Gasteiger partial charge in [0.25, 0.3) is 11.5 Å². The number of halogens is 1.